The summed E-state index contributed by atoms with van der Waals surface area (Å²) in [6.45, 7) is 4.87. The first kappa shape index (κ1) is 13.0. The fourth-order valence-corrected chi connectivity index (χ4v) is 2.28. The Hall–Kier alpha value is -1.49. The van der Waals surface area contributed by atoms with Gasteiger partial charge in [-0.1, -0.05) is 26.0 Å². The molecule has 96 valence electrons. The van der Waals surface area contributed by atoms with Crippen molar-refractivity contribution in [2.75, 3.05) is 11.9 Å². The van der Waals surface area contributed by atoms with Gasteiger partial charge in [0.15, 0.2) is 0 Å². The van der Waals surface area contributed by atoms with Crippen molar-refractivity contribution < 1.29 is 4.39 Å². The highest BCUT2D eigenvalue weighted by molar-refractivity contribution is 7.09. The summed E-state index contributed by atoms with van der Waals surface area (Å²) in [6, 6.07) is 6.66. The Morgan fingerprint density at radius 3 is 2.89 bits per heavy atom. The molecule has 0 unspecified atom stereocenters. The van der Waals surface area contributed by atoms with Gasteiger partial charge in [0, 0.05) is 24.0 Å². The lowest BCUT2D eigenvalue weighted by molar-refractivity contribution is 0.625. The Bertz CT molecular complexity index is 510. The third-order valence-corrected chi connectivity index (χ3v) is 3.22. The number of nitrogens with one attached hydrogen (secondary N) is 1. The molecular formula is C13H16FN3S. The van der Waals surface area contributed by atoms with E-state index < -0.39 is 0 Å². The van der Waals surface area contributed by atoms with Gasteiger partial charge in [0.25, 0.3) is 0 Å². The Morgan fingerprint density at radius 1 is 1.39 bits per heavy atom. The minimum Gasteiger partial charge on any atom is -0.360 e. The number of benzene rings is 1. The van der Waals surface area contributed by atoms with E-state index in [0.717, 1.165) is 29.5 Å². The molecule has 0 saturated carbocycles. The second kappa shape index (κ2) is 5.91. The lowest BCUT2D eigenvalue weighted by atomic mass is 10.1. The predicted octanol–water partition coefficient (Wildman–Crippen LogP) is 3.46. The molecule has 0 radical (unpaired) electrons. The molecule has 0 bridgehead atoms. The van der Waals surface area contributed by atoms with Crippen molar-refractivity contribution >= 4 is 16.7 Å². The first-order valence-corrected chi connectivity index (χ1v) is 6.74. The van der Waals surface area contributed by atoms with Crippen LogP contribution in [-0.4, -0.2) is 15.9 Å². The SMILES string of the molecule is CC(C)c1nsc(NCCc2cccc(F)c2)n1. The topological polar surface area (TPSA) is 37.8 Å². The van der Waals surface area contributed by atoms with E-state index in [-0.39, 0.29) is 5.82 Å². The van der Waals surface area contributed by atoms with E-state index in [1.165, 1.54) is 17.6 Å². The second-order valence-corrected chi connectivity index (χ2v) is 5.17. The molecule has 0 aliphatic carbocycles. The fraction of sp³-hybridized carbons (Fsp3) is 0.385. The van der Waals surface area contributed by atoms with Crippen LogP contribution in [0.2, 0.25) is 0 Å². The molecule has 0 spiro atoms. The summed E-state index contributed by atoms with van der Waals surface area (Å²) in [5.74, 6) is 1.03. The number of anilines is 1. The number of aromatic nitrogens is 2. The first-order valence-electron chi connectivity index (χ1n) is 5.97. The molecule has 0 aliphatic heterocycles. The molecule has 1 aromatic carbocycles. The van der Waals surface area contributed by atoms with Gasteiger partial charge in [-0.05, 0) is 24.1 Å². The van der Waals surface area contributed by atoms with E-state index in [1.54, 1.807) is 12.1 Å². The van der Waals surface area contributed by atoms with Gasteiger partial charge in [-0.25, -0.2) is 9.37 Å². The maximum atomic E-state index is 13.0. The molecule has 1 N–H and O–H groups in total. The normalized spacial score (nSPS) is 10.9. The summed E-state index contributed by atoms with van der Waals surface area (Å²) in [5, 5.41) is 4.04. The quantitative estimate of drug-likeness (QED) is 0.899. The summed E-state index contributed by atoms with van der Waals surface area (Å²) in [4.78, 5) is 4.38. The third-order valence-electron chi connectivity index (χ3n) is 2.54. The van der Waals surface area contributed by atoms with Crippen LogP contribution in [0.4, 0.5) is 9.52 Å². The van der Waals surface area contributed by atoms with Gasteiger partial charge < -0.3 is 5.32 Å². The summed E-state index contributed by atoms with van der Waals surface area (Å²) in [5.41, 5.74) is 0.982. The molecular weight excluding hydrogens is 249 g/mol. The number of hydrogen-bond acceptors (Lipinski definition) is 4. The van der Waals surface area contributed by atoms with Gasteiger partial charge >= 0.3 is 0 Å². The van der Waals surface area contributed by atoms with Crippen LogP contribution in [0, 0.1) is 5.82 Å². The summed E-state index contributed by atoms with van der Waals surface area (Å²) in [6.07, 6.45) is 0.772. The molecule has 3 nitrogen and oxygen atoms in total. The zero-order valence-electron chi connectivity index (χ0n) is 10.5. The highest BCUT2D eigenvalue weighted by atomic mass is 32.1. The van der Waals surface area contributed by atoms with Crippen LogP contribution in [0.1, 0.15) is 31.2 Å². The van der Waals surface area contributed by atoms with E-state index in [4.69, 9.17) is 0 Å². The van der Waals surface area contributed by atoms with Gasteiger partial charge in [-0.15, -0.1) is 0 Å². The van der Waals surface area contributed by atoms with Gasteiger partial charge in [0.2, 0.25) is 5.13 Å². The van der Waals surface area contributed by atoms with E-state index in [9.17, 15) is 4.39 Å². The molecule has 0 fully saturated rings. The van der Waals surface area contributed by atoms with Crippen molar-refractivity contribution in [1.29, 1.82) is 0 Å². The Morgan fingerprint density at radius 2 is 2.22 bits per heavy atom. The Labute approximate surface area is 110 Å². The minimum atomic E-state index is -0.189. The molecule has 2 aromatic rings. The summed E-state index contributed by atoms with van der Waals surface area (Å²) >= 11 is 1.37. The summed E-state index contributed by atoms with van der Waals surface area (Å²) < 4.78 is 17.2. The van der Waals surface area contributed by atoms with Gasteiger partial charge in [-0.2, -0.15) is 4.37 Å². The van der Waals surface area contributed by atoms with E-state index in [2.05, 4.69) is 28.5 Å². The van der Waals surface area contributed by atoms with Crippen molar-refractivity contribution in [1.82, 2.24) is 9.36 Å². The van der Waals surface area contributed by atoms with Crippen molar-refractivity contribution in [3.8, 4) is 0 Å². The molecule has 0 amide bonds. The van der Waals surface area contributed by atoms with Crippen molar-refractivity contribution in [2.45, 2.75) is 26.2 Å². The molecule has 1 heterocycles. The van der Waals surface area contributed by atoms with Crippen molar-refractivity contribution in [3.63, 3.8) is 0 Å². The highest BCUT2D eigenvalue weighted by Crippen LogP contribution is 2.17. The summed E-state index contributed by atoms with van der Waals surface area (Å²) in [7, 11) is 0. The number of rotatable bonds is 5. The zero-order valence-corrected chi connectivity index (χ0v) is 11.3. The van der Waals surface area contributed by atoms with E-state index >= 15 is 0 Å². The van der Waals surface area contributed by atoms with Crippen molar-refractivity contribution in [3.05, 3.63) is 41.5 Å². The smallest absolute Gasteiger partial charge is 0.202 e. The zero-order chi connectivity index (χ0) is 13.0. The van der Waals surface area contributed by atoms with E-state index in [1.807, 2.05) is 6.07 Å². The molecule has 0 saturated heterocycles. The minimum absolute atomic E-state index is 0.189. The van der Waals surface area contributed by atoms with Crippen LogP contribution in [0.3, 0.4) is 0 Å². The van der Waals surface area contributed by atoms with Gasteiger partial charge in [0.1, 0.15) is 11.6 Å². The number of hydrogen-bond donors (Lipinski definition) is 1. The monoisotopic (exact) mass is 265 g/mol. The van der Waals surface area contributed by atoms with Crippen LogP contribution in [-0.2, 0) is 6.42 Å². The maximum absolute atomic E-state index is 13.0. The Kier molecular flexibility index (Phi) is 4.25. The Balaban J connectivity index is 1.84. The second-order valence-electron chi connectivity index (χ2n) is 4.42. The third kappa shape index (κ3) is 3.50. The van der Waals surface area contributed by atoms with Gasteiger partial charge in [-0.3, -0.25) is 0 Å². The van der Waals surface area contributed by atoms with Crippen LogP contribution >= 0.6 is 11.5 Å². The molecule has 0 atom stereocenters. The average Bonchev–Trinajstić information content (AvgIpc) is 2.78. The standard InChI is InChI=1S/C13H16FN3S/c1-9(2)12-16-13(18-17-12)15-7-6-10-4-3-5-11(14)8-10/h3-5,8-9H,6-7H2,1-2H3,(H,15,16,17). The number of halogens is 1. The molecule has 2 rings (SSSR count). The van der Waals surface area contributed by atoms with Crippen molar-refractivity contribution in [2.24, 2.45) is 0 Å². The first-order chi connectivity index (χ1) is 8.65. The molecule has 5 heteroatoms. The van der Waals surface area contributed by atoms with Crippen LogP contribution < -0.4 is 5.32 Å². The molecule has 1 aromatic heterocycles. The van der Waals surface area contributed by atoms with Gasteiger partial charge in [0.05, 0.1) is 0 Å². The lowest BCUT2D eigenvalue weighted by Gasteiger charge is -2.02. The molecule has 0 aliphatic rings. The van der Waals surface area contributed by atoms with Crippen LogP contribution in [0.15, 0.2) is 24.3 Å². The van der Waals surface area contributed by atoms with Crippen LogP contribution in [0.25, 0.3) is 0 Å². The number of nitrogens with zero attached hydrogens (tertiary/aromatic N) is 2. The fourth-order valence-electron chi connectivity index (χ4n) is 1.55. The maximum Gasteiger partial charge on any atom is 0.202 e. The largest absolute Gasteiger partial charge is 0.360 e. The average molecular weight is 265 g/mol. The highest BCUT2D eigenvalue weighted by Gasteiger charge is 2.06. The predicted molar refractivity (Wildman–Crippen MR) is 72.6 cm³/mol. The molecule has 18 heavy (non-hydrogen) atoms. The lowest BCUT2D eigenvalue weighted by Crippen LogP contribution is -2.05. The van der Waals surface area contributed by atoms with Crippen LogP contribution in [0.5, 0.6) is 0 Å². The van der Waals surface area contributed by atoms with E-state index in [0.29, 0.717) is 5.92 Å².